The van der Waals surface area contributed by atoms with Crippen LogP contribution in [0.25, 0.3) is 6.08 Å². The largest absolute Gasteiger partial charge is 0.494 e. The summed E-state index contributed by atoms with van der Waals surface area (Å²) in [6, 6.07) is 21.2. The maximum atomic E-state index is 10.8. The molecule has 0 saturated carbocycles. The Labute approximate surface area is 189 Å². The fraction of sp³-hybridized carbons (Fsp3) is 0.222. The maximum Gasteiger partial charge on any atom is 0.142 e. The molecule has 0 aromatic heterocycles. The molecule has 0 aliphatic carbocycles. The number of ether oxygens (including phenoxy) is 4. The van der Waals surface area contributed by atoms with Gasteiger partial charge in [-0.1, -0.05) is 24.3 Å². The van der Waals surface area contributed by atoms with E-state index in [0.717, 1.165) is 34.5 Å². The third kappa shape index (κ3) is 6.91. The van der Waals surface area contributed by atoms with Gasteiger partial charge < -0.3 is 18.9 Å². The highest BCUT2D eigenvalue weighted by molar-refractivity contribution is 5.75. The summed E-state index contributed by atoms with van der Waals surface area (Å²) >= 11 is 0. The van der Waals surface area contributed by atoms with Crippen LogP contribution in [0.2, 0.25) is 0 Å². The first kappa shape index (κ1) is 22.9. The van der Waals surface area contributed by atoms with E-state index in [2.05, 4.69) is 0 Å². The monoisotopic (exact) mass is 432 g/mol. The standard InChI is InChI=1S/C27H28O5/c1-3-29-24-12-7-21(8-13-24)19-31-26-16-11-23(6-5-17-28)27(18-26)32-20-22-9-14-25(15-10-22)30-4-2/h5-18H,3-4,19-20H2,1-2H3. The van der Waals surface area contributed by atoms with Crippen LogP contribution in [-0.4, -0.2) is 19.5 Å². The van der Waals surface area contributed by atoms with Crippen molar-refractivity contribution in [1.29, 1.82) is 0 Å². The summed E-state index contributed by atoms with van der Waals surface area (Å²) in [7, 11) is 0. The third-order valence-electron chi connectivity index (χ3n) is 4.61. The van der Waals surface area contributed by atoms with Crippen molar-refractivity contribution in [1.82, 2.24) is 0 Å². The van der Waals surface area contributed by atoms with Gasteiger partial charge in [-0.05, 0) is 73.5 Å². The molecule has 166 valence electrons. The van der Waals surface area contributed by atoms with Crippen molar-refractivity contribution in [3.63, 3.8) is 0 Å². The summed E-state index contributed by atoms with van der Waals surface area (Å²) in [4.78, 5) is 10.8. The van der Waals surface area contributed by atoms with E-state index >= 15 is 0 Å². The summed E-state index contributed by atoms with van der Waals surface area (Å²) in [6.45, 7) is 5.99. The van der Waals surface area contributed by atoms with E-state index in [1.807, 2.05) is 80.6 Å². The molecule has 0 aliphatic heterocycles. The van der Waals surface area contributed by atoms with Crippen molar-refractivity contribution in [2.24, 2.45) is 0 Å². The van der Waals surface area contributed by atoms with E-state index in [1.165, 1.54) is 6.08 Å². The van der Waals surface area contributed by atoms with E-state index in [1.54, 1.807) is 6.08 Å². The van der Waals surface area contributed by atoms with Gasteiger partial charge in [0.15, 0.2) is 0 Å². The number of hydrogen-bond acceptors (Lipinski definition) is 5. The van der Waals surface area contributed by atoms with E-state index in [9.17, 15) is 4.79 Å². The molecule has 0 bridgehead atoms. The molecule has 0 fully saturated rings. The van der Waals surface area contributed by atoms with Crippen molar-refractivity contribution in [3.8, 4) is 23.0 Å². The zero-order valence-corrected chi connectivity index (χ0v) is 18.5. The Morgan fingerprint density at radius 2 is 1.19 bits per heavy atom. The van der Waals surface area contributed by atoms with Gasteiger partial charge >= 0.3 is 0 Å². The van der Waals surface area contributed by atoms with E-state index < -0.39 is 0 Å². The smallest absolute Gasteiger partial charge is 0.142 e. The minimum atomic E-state index is 0.386. The molecule has 0 atom stereocenters. The Morgan fingerprint density at radius 3 is 1.72 bits per heavy atom. The highest BCUT2D eigenvalue weighted by atomic mass is 16.5. The predicted octanol–water partition coefficient (Wildman–Crippen LogP) is 5.85. The molecule has 0 N–H and O–H groups in total. The Hall–Kier alpha value is -3.73. The zero-order chi connectivity index (χ0) is 22.6. The summed E-state index contributed by atoms with van der Waals surface area (Å²) < 4.78 is 23.0. The number of aldehydes is 1. The molecule has 0 aliphatic rings. The highest BCUT2D eigenvalue weighted by Gasteiger charge is 2.06. The number of benzene rings is 3. The number of carbonyl (C=O) groups is 1. The molecule has 5 nitrogen and oxygen atoms in total. The summed E-state index contributed by atoms with van der Waals surface area (Å²) in [5.74, 6) is 2.99. The lowest BCUT2D eigenvalue weighted by molar-refractivity contribution is -0.104. The van der Waals surface area contributed by atoms with Crippen LogP contribution < -0.4 is 18.9 Å². The van der Waals surface area contributed by atoms with Gasteiger partial charge in [-0.3, -0.25) is 4.79 Å². The molecular formula is C27H28O5. The van der Waals surface area contributed by atoms with Crippen LogP contribution in [0.5, 0.6) is 23.0 Å². The summed E-state index contributed by atoms with van der Waals surface area (Å²) in [6.07, 6.45) is 3.91. The second-order valence-electron chi connectivity index (χ2n) is 6.93. The number of carbonyl (C=O) groups excluding carboxylic acids is 1. The van der Waals surface area contributed by atoms with E-state index in [4.69, 9.17) is 18.9 Å². The summed E-state index contributed by atoms with van der Waals surface area (Å²) in [5, 5.41) is 0. The maximum absolute atomic E-state index is 10.8. The Morgan fingerprint density at radius 1 is 0.656 bits per heavy atom. The molecule has 0 unspecified atom stereocenters. The quantitative estimate of drug-likeness (QED) is 0.265. The summed E-state index contributed by atoms with van der Waals surface area (Å²) in [5.41, 5.74) is 2.85. The second kappa shape index (κ2) is 12.2. The number of hydrogen-bond donors (Lipinski definition) is 0. The van der Waals surface area contributed by atoms with Crippen LogP contribution in [0, 0.1) is 0 Å². The fourth-order valence-electron chi connectivity index (χ4n) is 3.04. The lowest BCUT2D eigenvalue weighted by Gasteiger charge is -2.13. The van der Waals surface area contributed by atoms with Gasteiger partial charge in [-0.15, -0.1) is 0 Å². The van der Waals surface area contributed by atoms with Gasteiger partial charge in [0, 0.05) is 11.6 Å². The second-order valence-corrected chi connectivity index (χ2v) is 6.93. The Bertz CT molecular complexity index is 1010. The lowest BCUT2D eigenvalue weighted by atomic mass is 10.1. The third-order valence-corrected chi connectivity index (χ3v) is 4.61. The van der Waals surface area contributed by atoms with Crippen LogP contribution in [-0.2, 0) is 18.0 Å². The number of rotatable bonds is 12. The predicted molar refractivity (Wildman–Crippen MR) is 125 cm³/mol. The van der Waals surface area contributed by atoms with Crippen molar-refractivity contribution in [3.05, 3.63) is 89.5 Å². The molecule has 0 saturated heterocycles. The van der Waals surface area contributed by atoms with Gasteiger partial charge in [0.25, 0.3) is 0 Å². The van der Waals surface area contributed by atoms with Crippen LogP contribution in [0.4, 0.5) is 0 Å². The molecule has 3 rings (SSSR count). The van der Waals surface area contributed by atoms with Gasteiger partial charge in [0.2, 0.25) is 0 Å². The molecule has 3 aromatic carbocycles. The molecule has 0 radical (unpaired) electrons. The van der Waals surface area contributed by atoms with Crippen LogP contribution in [0.1, 0.15) is 30.5 Å². The normalized spacial score (nSPS) is 10.7. The molecule has 32 heavy (non-hydrogen) atoms. The molecule has 5 heteroatoms. The topological polar surface area (TPSA) is 54.0 Å². The van der Waals surface area contributed by atoms with Crippen molar-refractivity contribution in [2.45, 2.75) is 27.1 Å². The van der Waals surface area contributed by atoms with E-state index in [-0.39, 0.29) is 0 Å². The first-order valence-electron chi connectivity index (χ1n) is 10.7. The first-order valence-corrected chi connectivity index (χ1v) is 10.7. The minimum absolute atomic E-state index is 0.386. The molecule has 0 spiro atoms. The molecule has 3 aromatic rings. The van der Waals surface area contributed by atoms with E-state index in [0.29, 0.717) is 37.9 Å². The highest BCUT2D eigenvalue weighted by Crippen LogP contribution is 2.28. The van der Waals surface area contributed by atoms with Gasteiger partial charge in [-0.25, -0.2) is 0 Å². The number of allylic oxidation sites excluding steroid dienone is 1. The van der Waals surface area contributed by atoms with Gasteiger partial charge in [-0.2, -0.15) is 0 Å². The van der Waals surface area contributed by atoms with Crippen molar-refractivity contribution in [2.75, 3.05) is 13.2 Å². The fourth-order valence-corrected chi connectivity index (χ4v) is 3.04. The SMILES string of the molecule is CCOc1ccc(COc2ccc(C=CC=O)c(OCc3ccc(OCC)cc3)c2)cc1. The molecule has 0 amide bonds. The molecular weight excluding hydrogens is 404 g/mol. The lowest BCUT2D eigenvalue weighted by Crippen LogP contribution is -2.00. The average Bonchev–Trinajstić information content (AvgIpc) is 2.83. The minimum Gasteiger partial charge on any atom is -0.494 e. The average molecular weight is 433 g/mol. The van der Waals surface area contributed by atoms with Crippen molar-refractivity contribution >= 4 is 12.4 Å². The Balaban J connectivity index is 1.68. The van der Waals surface area contributed by atoms with Crippen LogP contribution >= 0.6 is 0 Å². The van der Waals surface area contributed by atoms with Gasteiger partial charge in [0.1, 0.15) is 42.5 Å². The first-order chi connectivity index (χ1) is 15.7. The zero-order valence-electron chi connectivity index (χ0n) is 18.5. The Kier molecular flexibility index (Phi) is 8.75. The van der Waals surface area contributed by atoms with Crippen LogP contribution in [0.15, 0.2) is 72.8 Å². The van der Waals surface area contributed by atoms with Gasteiger partial charge in [0.05, 0.1) is 13.2 Å². The van der Waals surface area contributed by atoms with Crippen LogP contribution in [0.3, 0.4) is 0 Å². The molecule has 0 heterocycles. The van der Waals surface area contributed by atoms with Crippen molar-refractivity contribution < 1.29 is 23.7 Å².